The summed E-state index contributed by atoms with van der Waals surface area (Å²) in [5, 5.41) is 4.45. The minimum absolute atomic E-state index is 0.0469. The summed E-state index contributed by atoms with van der Waals surface area (Å²) in [6.45, 7) is 7.62. The lowest BCUT2D eigenvalue weighted by Crippen LogP contribution is -2.45. The number of aromatic nitrogens is 3. The van der Waals surface area contributed by atoms with E-state index in [1.165, 1.54) is 6.33 Å². The first kappa shape index (κ1) is 28.8. The number of hydrogen-bond acceptors (Lipinski definition) is 10. The van der Waals surface area contributed by atoms with Gasteiger partial charge in [0, 0.05) is 37.3 Å². The molecule has 2 aromatic heterocycles. The molecule has 6 rings (SSSR count). The Labute approximate surface area is 255 Å². The number of anilines is 2. The van der Waals surface area contributed by atoms with Crippen molar-refractivity contribution in [2.45, 2.75) is 32.5 Å². The average molecular weight is 602 g/mol. The van der Waals surface area contributed by atoms with Gasteiger partial charge in [-0.2, -0.15) is 0 Å². The summed E-state index contributed by atoms with van der Waals surface area (Å²) >= 11 is 6.74. The molecule has 1 fully saturated rings. The number of rotatable bonds is 8. The molecule has 1 N–H and O–H groups in total. The molecule has 2 aliphatic heterocycles. The number of pyridine rings is 1. The number of fused-ring (bicyclic) bond motifs is 2. The van der Waals surface area contributed by atoms with Crippen LogP contribution in [0.2, 0.25) is 5.02 Å². The Kier molecular flexibility index (Phi) is 8.65. The van der Waals surface area contributed by atoms with Gasteiger partial charge in [-0.1, -0.05) is 23.6 Å². The third kappa shape index (κ3) is 6.54. The van der Waals surface area contributed by atoms with Gasteiger partial charge in [-0.25, -0.2) is 15.0 Å². The van der Waals surface area contributed by atoms with Crippen LogP contribution in [0.15, 0.2) is 48.9 Å². The minimum atomic E-state index is 0.0469. The van der Waals surface area contributed by atoms with Gasteiger partial charge in [0.15, 0.2) is 23.0 Å². The Bertz CT molecular complexity index is 1670. The van der Waals surface area contributed by atoms with Crippen molar-refractivity contribution in [3.63, 3.8) is 0 Å². The van der Waals surface area contributed by atoms with E-state index in [4.69, 9.17) is 35.3 Å². The largest absolute Gasteiger partial charge is 0.493 e. The molecule has 11 heteroatoms. The minimum Gasteiger partial charge on any atom is -0.493 e. The van der Waals surface area contributed by atoms with Crippen LogP contribution < -0.4 is 24.3 Å². The third-order valence-electron chi connectivity index (χ3n) is 7.12. The Morgan fingerprint density at radius 3 is 2.65 bits per heavy atom. The number of hydrogen-bond donors (Lipinski definition) is 1. The summed E-state index contributed by atoms with van der Waals surface area (Å²) in [6, 6.07) is 11.0. The molecule has 0 radical (unpaired) electrons. The van der Waals surface area contributed by atoms with Gasteiger partial charge < -0.3 is 29.0 Å². The first-order valence-electron chi connectivity index (χ1n) is 14.1. The predicted molar refractivity (Wildman–Crippen MR) is 164 cm³/mol. The zero-order chi connectivity index (χ0) is 29.8. The van der Waals surface area contributed by atoms with Gasteiger partial charge in [0.05, 0.1) is 42.0 Å². The number of nitrogens with one attached hydrogen (secondary N) is 1. The second-order valence-electron chi connectivity index (χ2n) is 10.4. The van der Waals surface area contributed by atoms with Gasteiger partial charge in [-0.3, -0.25) is 4.90 Å². The molecule has 10 nitrogen and oxygen atoms in total. The van der Waals surface area contributed by atoms with Crippen molar-refractivity contribution in [1.82, 2.24) is 19.9 Å². The zero-order valence-electron chi connectivity index (χ0n) is 24.2. The van der Waals surface area contributed by atoms with E-state index in [2.05, 4.69) is 50.9 Å². The van der Waals surface area contributed by atoms with Crippen molar-refractivity contribution >= 4 is 34.0 Å². The molecular formula is C32H32ClN5O5. The van der Waals surface area contributed by atoms with Crippen molar-refractivity contribution in [2.75, 3.05) is 45.5 Å². The summed E-state index contributed by atoms with van der Waals surface area (Å²) in [7, 11) is 1.61. The lowest BCUT2D eigenvalue weighted by Gasteiger charge is -2.35. The second kappa shape index (κ2) is 12.9. The maximum absolute atomic E-state index is 6.74. The van der Waals surface area contributed by atoms with Gasteiger partial charge >= 0.3 is 0 Å². The van der Waals surface area contributed by atoms with Crippen LogP contribution in [-0.4, -0.2) is 72.2 Å². The number of ether oxygens (including phenoxy) is 5. The molecule has 0 aliphatic carbocycles. The van der Waals surface area contributed by atoms with Crippen LogP contribution in [0.25, 0.3) is 10.9 Å². The summed E-state index contributed by atoms with van der Waals surface area (Å²) < 4.78 is 29.2. The van der Waals surface area contributed by atoms with Crippen molar-refractivity contribution in [2.24, 2.45) is 0 Å². The van der Waals surface area contributed by atoms with E-state index in [0.29, 0.717) is 62.9 Å². The highest BCUT2D eigenvalue weighted by Crippen LogP contribution is 2.47. The zero-order valence-corrected chi connectivity index (χ0v) is 25.0. The van der Waals surface area contributed by atoms with Crippen molar-refractivity contribution in [3.05, 3.63) is 65.2 Å². The molecule has 0 spiro atoms. The summed E-state index contributed by atoms with van der Waals surface area (Å²) in [5.74, 6) is 8.82. The van der Waals surface area contributed by atoms with Crippen molar-refractivity contribution in [3.8, 4) is 34.8 Å². The fraction of sp³-hybridized carbons (Fsp3) is 0.344. The molecule has 2 aromatic carbocycles. The molecule has 0 bridgehead atoms. The van der Waals surface area contributed by atoms with E-state index in [-0.39, 0.29) is 19.0 Å². The monoisotopic (exact) mass is 601 g/mol. The standard InChI is InChI=1S/C32H32ClN5O5/c1-20-16-38(17-21(2)43-20)11-6-12-40-28-15-26-24(14-27(28)39-3)32(36-18-35-26)37-29-25(33)13-22(30-31(29)42-19-41-30)8-9-23-7-4-5-10-34-23/h4-5,7,10,13-15,18,20-21H,6,11-12,16-17,19H2,1-3H3,(H,35,36,37). The van der Waals surface area contributed by atoms with Gasteiger partial charge in [-0.05, 0) is 50.5 Å². The van der Waals surface area contributed by atoms with Gasteiger partial charge in [-0.15, -0.1) is 0 Å². The van der Waals surface area contributed by atoms with Crippen molar-refractivity contribution < 1.29 is 23.7 Å². The second-order valence-corrected chi connectivity index (χ2v) is 10.8. The molecule has 4 heterocycles. The number of nitrogens with zero attached hydrogens (tertiary/aromatic N) is 4. The molecule has 4 aromatic rings. The highest BCUT2D eigenvalue weighted by Gasteiger charge is 2.26. The lowest BCUT2D eigenvalue weighted by atomic mass is 10.1. The van der Waals surface area contributed by atoms with Crippen LogP contribution in [0.3, 0.4) is 0 Å². The number of benzene rings is 2. The first-order chi connectivity index (χ1) is 21.0. The van der Waals surface area contributed by atoms with Crippen LogP contribution in [0.4, 0.5) is 11.5 Å². The molecule has 2 aliphatic rings. The smallest absolute Gasteiger partial charge is 0.231 e. The van der Waals surface area contributed by atoms with E-state index in [1.807, 2.05) is 30.3 Å². The molecule has 2 unspecified atom stereocenters. The Hall–Kier alpha value is -4.30. The van der Waals surface area contributed by atoms with E-state index < -0.39 is 0 Å². The number of methoxy groups -OCH3 is 1. The fourth-order valence-corrected chi connectivity index (χ4v) is 5.55. The average Bonchev–Trinajstić information content (AvgIpc) is 3.50. The van der Waals surface area contributed by atoms with E-state index >= 15 is 0 Å². The Morgan fingerprint density at radius 1 is 1.02 bits per heavy atom. The highest BCUT2D eigenvalue weighted by molar-refractivity contribution is 6.34. The molecule has 0 saturated carbocycles. The predicted octanol–water partition coefficient (Wildman–Crippen LogP) is 5.44. The van der Waals surface area contributed by atoms with Gasteiger partial charge in [0.2, 0.25) is 6.79 Å². The lowest BCUT2D eigenvalue weighted by molar-refractivity contribution is -0.0686. The molecular weight excluding hydrogens is 570 g/mol. The van der Waals surface area contributed by atoms with Crippen molar-refractivity contribution in [1.29, 1.82) is 0 Å². The molecule has 2 atom stereocenters. The fourth-order valence-electron chi connectivity index (χ4n) is 5.31. The van der Waals surface area contributed by atoms with Crippen LogP contribution in [0.5, 0.6) is 23.0 Å². The summed E-state index contributed by atoms with van der Waals surface area (Å²) in [6.07, 6.45) is 4.54. The number of morpholine rings is 1. The van der Waals surface area contributed by atoms with E-state index in [1.54, 1.807) is 19.4 Å². The molecule has 43 heavy (non-hydrogen) atoms. The van der Waals surface area contributed by atoms with Gasteiger partial charge in [0.1, 0.15) is 23.5 Å². The van der Waals surface area contributed by atoms with E-state index in [0.717, 1.165) is 31.4 Å². The normalized spacial score (nSPS) is 17.8. The first-order valence-corrected chi connectivity index (χ1v) is 14.5. The van der Waals surface area contributed by atoms with Crippen LogP contribution in [0, 0.1) is 11.8 Å². The van der Waals surface area contributed by atoms with E-state index in [9.17, 15) is 0 Å². The molecule has 1 saturated heterocycles. The Balaban J connectivity index is 1.21. The summed E-state index contributed by atoms with van der Waals surface area (Å²) in [4.78, 5) is 15.6. The third-order valence-corrected chi connectivity index (χ3v) is 7.42. The topological polar surface area (TPSA) is 100 Å². The highest BCUT2D eigenvalue weighted by atomic mass is 35.5. The van der Waals surface area contributed by atoms with Crippen LogP contribution in [0.1, 0.15) is 31.5 Å². The van der Waals surface area contributed by atoms with Crippen LogP contribution in [-0.2, 0) is 4.74 Å². The quantitative estimate of drug-likeness (QED) is 0.208. The number of halogens is 1. The summed E-state index contributed by atoms with van der Waals surface area (Å²) in [5.41, 5.74) is 2.44. The maximum Gasteiger partial charge on any atom is 0.231 e. The van der Waals surface area contributed by atoms with Crippen LogP contribution >= 0.6 is 11.6 Å². The van der Waals surface area contributed by atoms with Gasteiger partial charge in [0.25, 0.3) is 0 Å². The molecule has 0 amide bonds. The maximum atomic E-state index is 6.74. The molecule has 222 valence electrons. The SMILES string of the molecule is COc1cc2c(Nc3c(Cl)cc(C#Cc4ccccn4)c4c3OCO4)ncnc2cc1OCCCN1CC(C)OC(C)C1. The Morgan fingerprint density at radius 2 is 1.86 bits per heavy atom.